The van der Waals surface area contributed by atoms with Crippen molar-refractivity contribution in [2.45, 2.75) is 31.5 Å². The number of sulfonamides is 1. The minimum atomic E-state index is -4.56. The van der Waals surface area contributed by atoms with E-state index in [4.69, 9.17) is 4.98 Å². The van der Waals surface area contributed by atoms with Gasteiger partial charge in [-0.2, -0.15) is 13.2 Å². The summed E-state index contributed by atoms with van der Waals surface area (Å²) in [6, 6.07) is 7.54. The van der Waals surface area contributed by atoms with Gasteiger partial charge in [0.15, 0.2) is 0 Å². The number of hydrogen-bond acceptors (Lipinski definition) is 6. The monoisotopic (exact) mass is 632 g/mol. The summed E-state index contributed by atoms with van der Waals surface area (Å²) in [5.41, 5.74) is 1.26. The van der Waals surface area contributed by atoms with Crippen molar-refractivity contribution in [2.24, 2.45) is 0 Å². The molecule has 1 aliphatic heterocycles. The second-order valence-electron chi connectivity index (χ2n) is 9.14. The van der Waals surface area contributed by atoms with E-state index in [9.17, 15) is 26.4 Å². The van der Waals surface area contributed by atoms with Crippen LogP contribution in [0.3, 0.4) is 0 Å². The summed E-state index contributed by atoms with van der Waals surface area (Å²) in [5, 5.41) is 3.35. The number of amides is 1. The fraction of sp³-hybridized carbons (Fsp3) is 0.231. The molecule has 1 fully saturated rings. The zero-order chi connectivity index (χ0) is 28.7. The van der Waals surface area contributed by atoms with Crippen molar-refractivity contribution in [3.63, 3.8) is 0 Å². The van der Waals surface area contributed by atoms with E-state index in [1.54, 1.807) is 24.5 Å². The number of aromatic nitrogens is 4. The molecule has 0 radical (unpaired) electrons. The third-order valence-electron chi connectivity index (χ3n) is 6.65. The Morgan fingerprint density at radius 1 is 1.12 bits per heavy atom. The third kappa shape index (κ3) is 5.41. The topological polar surface area (TPSA) is 110 Å². The average molecular weight is 632 g/mol. The Balaban J connectivity index is 1.48. The number of halogens is 3. The molecule has 1 saturated heterocycles. The molecule has 0 saturated carbocycles. The number of nitrogens with zero attached hydrogens (tertiary/aromatic N) is 5. The molecule has 208 valence electrons. The molecule has 9 nitrogen and oxygen atoms in total. The molecule has 0 bridgehead atoms. The fourth-order valence-electron chi connectivity index (χ4n) is 4.73. The Morgan fingerprint density at radius 2 is 1.88 bits per heavy atom. The number of carbonyl (C=O) groups is 1. The van der Waals surface area contributed by atoms with Crippen LogP contribution in [0.4, 0.5) is 19.0 Å². The van der Waals surface area contributed by atoms with Crippen molar-refractivity contribution in [2.75, 3.05) is 11.9 Å². The Kier molecular flexibility index (Phi) is 7.56. The van der Waals surface area contributed by atoms with Crippen molar-refractivity contribution in [1.82, 2.24) is 23.7 Å². The molecule has 2 unspecified atom stereocenters. The molecule has 5 rings (SSSR count). The van der Waals surface area contributed by atoms with Crippen LogP contribution < -0.4 is 9.80 Å². The molecule has 0 aliphatic carbocycles. The van der Waals surface area contributed by atoms with Gasteiger partial charge in [0.25, 0.3) is 0 Å². The summed E-state index contributed by atoms with van der Waals surface area (Å²) in [6.45, 7) is 3.84. The Morgan fingerprint density at radius 3 is 2.58 bits per heavy atom. The van der Waals surface area contributed by atoms with E-state index in [2.05, 4.69) is 21.9 Å². The predicted octanol–water partition coefficient (Wildman–Crippen LogP) is 3.32. The first-order valence-corrected chi connectivity index (χ1v) is 14.9. The van der Waals surface area contributed by atoms with Gasteiger partial charge in [0, 0.05) is 0 Å². The number of rotatable bonds is 6. The van der Waals surface area contributed by atoms with Gasteiger partial charge in [-0.15, -0.1) is 0 Å². The van der Waals surface area contributed by atoms with Crippen molar-refractivity contribution in [3.8, 4) is 11.3 Å². The molecular weight excluding hydrogens is 608 g/mol. The molecule has 1 aromatic carbocycles. The van der Waals surface area contributed by atoms with Gasteiger partial charge in [0.1, 0.15) is 0 Å². The number of fused-ring (bicyclic) bond motifs is 1. The zero-order valence-corrected chi connectivity index (χ0v) is 24.2. The maximum absolute atomic E-state index is 13.0. The molecule has 1 aliphatic rings. The van der Waals surface area contributed by atoms with Crippen molar-refractivity contribution < 1.29 is 26.4 Å². The molecule has 1 amide bonds. The van der Waals surface area contributed by atoms with Crippen LogP contribution in [0.5, 0.6) is 0 Å². The first-order chi connectivity index (χ1) is 19.0. The standard InChI is InChI=1S/C26H24AsF3N6O3S/c1-2-40(38,39)36-13-4-3-5-19(36)24-34-21(22-23(27)32-12-14-35(22)24)16-6-8-17(9-7-16)25(37)33-20-15-18(10-11-31-20)26(28,29)30/h2,6-12,14-15,19H,1,3-5,13,27H2,(H,31,33,37). The first kappa shape index (κ1) is 28.0. The molecular formula is C26H24AsF3N6O3S. The van der Waals surface area contributed by atoms with Crippen LogP contribution >= 0.6 is 0 Å². The van der Waals surface area contributed by atoms with Crippen LogP contribution in [0.15, 0.2) is 67.0 Å². The van der Waals surface area contributed by atoms with E-state index < -0.39 is 33.7 Å². The van der Waals surface area contributed by atoms with Crippen LogP contribution in [0.2, 0.25) is 0 Å². The van der Waals surface area contributed by atoms with E-state index in [0.29, 0.717) is 30.0 Å². The van der Waals surface area contributed by atoms with Crippen molar-refractivity contribution in [1.29, 1.82) is 0 Å². The van der Waals surface area contributed by atoms with Gasteiger partial charge < -0.3 is 0 Å². The van der Waals surface area contributed by atoms with Gasteiger partial charge in [0.2, 0.25) is 0 Å². The summed E-state index contributed by atoms with van der Waals surface area (Å²) in [7, 11) is -3.68. The molecule has 4 aromatic rings. The summed E-state index contributed by atoms with van der Waals surface area (Å²) in [4.78, 5) is 25.8. The quantitative estimate of drug-likeness (QED) is 0.327. The van der Waals surface area contributed by atoms with Gasteiger partial charge in [0.05, 0.1) is 0 Å². The van der Waals surface area contributed by atoms with Gasteiger partial charge in [-0.05, 0) is 6.07 Å². The predicted molar refractivity (Wildman–Crippen MR) is 146 cm³/mol. The Hall–Kier alpha value is -3.54. The average Bonchev–Trinajstić information content (AvgIpc) is 3.34. The number of hydrogen-bond donors (Lipinski definition) is 1. The summed E-state index contributed by atoms with van der Waals surface area (Å²) in [6.07, 6.45) is 1.99. The molecule has 3 aromatic heterocycles. The van der Waals surface area contributed by atoms with Crippen LogP contribution in [0.25, 0.3) is 16.8 Å². The van der Waals surface area contributed by atoms with Crippen LogP contribution in [0.1, 0.15) is 47.1 Å². The molecule has 4 heterocycles. The number of nitrogens with one attached hydrogen (secondary N) is 1. The number of imidazole rings is 1. The van der Waals surface area contributed by atoms with E-state index in [1.165, 1.54) is 33.3 Å². The van der Waals surface area contributed by atoms with Gasteiger partial charge in [-0.25, -0.2) is 0 Å². The molecule has 40 heavy (non-hydrogen) atoms. The number of benzene rings is 1. The Labute approximate surface area is 236 Å². The molecule has 14 heteroatoms. The van der Waals surface area contributed by atoms with Crippen LogP contribution in [-0.2, 0) is 16.2 Å². The van der Waals surface area contributed by atoms with E-state index in [-0.39, 0.29) is 11.4 Å². The summed E-state index contributed by atoms with van der Waals surface area (Å²) < 4.78 is 68.6. The molecule has 0 spiro atoms. The number of alkyl halides is 3. The number of pyridine rings is 1. The van der Waals surface area contributed by atoms with Crippen molar-refractivity contribution in [3.05, 3.63) is 83.9 Å². The van der Waals surface area contributed by atoms with Crippen LogP contribution in [-0.4, -0.2) is 61.4 Å². The number of carbonyl (C=O) groups excluding carboxylic acids is 1. The van der Waals surface area contributed by atoms with Gasteiger partial charge in [-0.3, -0.25) is 0 Å². The maximum atomic E-state index is 13.0. The number of piperidine rings is 1. The fourth-order valence-corrected chi connectivity index (χ4v) is 6.62. The Bertz CT molecular complexity index is 1710. The second-order valence-corrected chi connectivity index (χ2v) is 12.1. The normalized spacial score (nSPS) is 16.6. The zero-order valence-electron chi connectivity index (χ0n) is 21.0. The first-order valence-electron chi connectivity index (χ1n) is 12.2. The van der Waals surface area contributed by atoms with Gasteiger partial charge >= 0.3 is 218 Å². The molecule has 2 atom stereocenters. The van der Waals surface area contributed by atoms with Crippen molar-refractivity contribution >= 4 is 48.6 Å². The van der Waals surface area contributed by atoms with Crippen LogP contribution in [0, 0.1) is 0 Å². The van der Waals surface area contributed by atoms with E-state index in [1.807, 2.05) is 4.40 Å². The summed E-state index contributed by atoms with van der Waals surface area (Å²) >= 11 is 1.28. The minimum absolute atomic E-state index is 0.210. The van der Waals surface area contributed by atoms with E-state index >= 15 is 0 Å². The summed E-state index contributed by atoms with van der Waals surface area (Å²) in [5.74, 6) is -0.277. The van der Waals surface area contributed by atoms with Gasteiger partial charge in [-0.1, -0.05) is 0 Å². The molecule has 1 N–H and O–H groups in total. The third-order valence-corrected chi connectivity index (χ3v) is 9.05. The number of anilines is 1. The SMILES string of the molecule is C=CS(=O)(=O)N1CCCCC1c1nc(-c2ccc(C(=O)Nc3cc(C(F)(F)F)ccn3)cc2)c2c([AsH2])nccn12. The van der Waals surface area contributed by atoms with E-state index in [0.717, 1.165) is 46.6 Å². The second kappa shape index (κ2) is 10.8.